The fourth-order valence-corrected chi connectivity index (χ4v) is 3.27. The number of nitrogens with zero attached hydrogens (tertiary/aromatic N) is 1. The van der Waals surface area contributed by atoms with Crippen LogP contribution in [0.15, 0.2) is 22.7 Å². The summed E-state index contributed by atoms with van der Waals surface area (Å²) in [5, 5.41) is 3.59. The van der Waals surface area contributed by atoms with Gasteiger partial charge in [-0.3, -0.25) is 4.90 Å². The highest BCUT2D eigenvalue weighted by Gasteiger charge is 2.33. The summed E-state index contributed by atoms with van der Waals surface area (Å²) in [6.07, 6.45) is 2.74. The molecule has 2 fully saturated rings. The summed E-state index contributed by atoms with van der Waals surface area (Å²) in [6.45, 7) is 4.05. The lowest BCUT2D eigenvalue weighted by Crippen LogP contribution is -2.51. The minimum atomic E-state index is -0.159. The minimum absolute atomic E-state index is 0.159. The molecule has 0 bridgehead atoms. The van der Waals surface area contributed by atoms with Crippen molar-refractivity contribution >= 4 is 15.9 Å². The second-order valence-corrected chi connectivity index (χ2v) is 6.33. The molecule has 1 N–H and O–H groups in total. The fraction of sp³-hybridized carbons (Fsp3) is 0.571. The Morgan fingerprint density at radius 1 is 1.33 bits per heavy atom. The molecule has 1 aliphatic heterocycles. The van der Waals surface area contributed by atoms with Gasteiger partial charge in [-0.1, -0.05) is 15.9 Å². The van der Waals surface area contributed by atoms with Crippen molar-refractivity contribution in [3.8, 4) is 0 Å². The number of nitrogens with one attached hydrogen (secondary N) is 1. The average Bonchev–Trinajstić information content (AvgIpc) is 3.11. The molecule has 1 saturated heterocycles. The van der Waals surface area contributed by atoms with Crippen molar-refractivity contribution in [1.29, 1.82) is 0 Å². The maximum atomic E-state index is 13.3. The van der Waals surface area contributed by atoms with Crippen LogP contribution in [0.5, 0.6) is 0 Å². The Balaban J connectivity index is 1.64. The first-order chi connectivity index (χ1) is 8.70. The molecular formula is C14H18BrFN2. The van der Waals surface area contributed by atoms with Crippen LogP contribution in [0.25, 0.3) is 0 Å². The molecule has 1 aliphatic carbocycles. The Morgan fingerprint density at radius 2 is 2.17 bits per heavy atom. The third kappa shape index (κ3) is 3.11. The average molecular weight is 313 g/mol. The van der Waals surface area contributed by atoms with Crippen LogP contribution >= 0.6 is 15.9 Å². The second-order valence-electron chi connectivity index (χ2n) is 5.41. The fourth-order valence-electron chi connectivity index (χ4n) is 2.76. The topological polar surface area (TPSA) is 15.3 Å². The molecule has 4 heteroatoms. The summed E-state index contributed by atoms with van der Waals surface area (Å²) in [5.41, 5.74) is 1.05. The van der Waals surface area contributed by atoms with Gasteiger partial charge in [-0.05, 0) is 42.5 Å². The van der Waals surface area contributed by atoms with Crippen LogP contribution in [-0.2, 0) is 6.54 Å². The highest BCUT2D eigenvalue weighted by molar-refractivity contribution is 9.10. The summed E-state index contributed by atoms with van der Waals surface area (Å²) in [5.74, 6) is 0.722. The van der Waals surface area contributed by atoms with Crippen LogP contribution in [0, 0.1) is 11.7 Å². The van der Waals surface area contributed by atoms with Gasteiger partial charge in [0.05, 0.1) is 0 Å². The largest absolute Gasteiger partial charge is 0.311 e. The van der Waals surface area contributed by atoms with Crippen LogP contribution in [0.2, 0.25) is 0 Å². The third-order valence-corrected chi connectivity index (χ3v) is 4.27. The molecule has 1 aromatic carbocycles. The summed E-state index contributed by atoms with van der Waals surface area (Å²) in [4.78, 5) is 2.43. The lowest BCUT2D eigenvalue weighted by molar-refractivity contribution is 0.181. The zero-order valence-electron chi connectivity index (χ0n) is 10.3. The molecular weight excluding hydrogens is 295 g/mol. The smallest absolute Gasteiger partial charge is 0.124 e. The van der Waals surface area contributed by atoms with Crippen LogP contribution in [0.3, 0.4) is 0 Å². The second kappa shape index (κ2) is 5.27. The monoisotopic (exact) mass is 312 g/mol. The Hall–Kier alpha value is -0.450. The van der Waals surface area contributed by atoms with Gasteiger partial charge >= 0.3 is 0 Å². The molecule has 2 nitrogen and oxygen atoms in total. The maximum Gasteiger partial charge on any atom is 0.124 e. The first-order valence-electron chi connectivity index (χ1n) is 6.61. The lowest BCUT2D eigenvalue weighted by Gasteiger charge is -2.34. The zero-order valence-corrected chi connectivity index (χ0v) is 11.9. The zero-order chi connectivity index (χ0) is 12.5. The molecule has 0 aromatic heterocycles. The van der Waals surface area contributed by atoms with E-state index >= 15 is 0 Å². The molecule has 98 valence electrons. The Labute approximate surface area is 116 Å². The van der Waals surface area contributed by atoms with Crippen molar-refractivity contribution in [3.63, 3.8) is 0 Å². The van der Waals surface area contributed by atoms with E-state index in [-0.39, 0.29) is 5.82 Å². The predicted octanol–water partition coefficient (Wildman–Crippen LogP) is 2.77. The van der Waals surface area contributed by atoms with Gasteiger partial charge < -0.3 is 5.32 Å². The van der Waals surface area contributed by atoms with Gasteiger partial charge in [-0.2, -0.15) is 0 Å². The van der Waals surface area contributed by atoms with Gasteiger partial charge in [0, 0.05) is 36.7 Å². The molecule has 1 saturated carbocycles. The summed E-state index contributed by atoms with van der Waals surface area (Å²) < 4.78 is 14.2. The minimum Gasteiger partial charge on any atom is -0.311 e. The lowest BCUT2D eigenvalue weighted by atomic mass is 10.1. The van der Waals surface area contributed by atoms with Crippen molar-refractivity contribution in [2.75, 3.05) is 19.6 Å². The number of hydrogen-bond donors (Lipinski definition) is 1. The number of benzene rings is 1. The van der Waals surface area contributed by atoms with Crippen LogP contribution in [0.4, 0.5) is 4.39 Å². The standard InChI is InChI=1S/C14H18BrFN2/c15-12-5-10(6-13(16)7-12)8-18-4-3-17-14(9-18)11-1-2-11/h5-7,11,14,17H,1-4,8-9H2. The van der Waals surface area contributed by atoms with Crippen molar-refractivity contribution in [3.05, 3.63) is 34.1 Å². The van der Waals surface area contributed by atoms with E-state index in [9.17, 15) is 4.39 Å². The van der Waals surface area contributed by atoms with Crippen molar-refractivity contribution in [2.45, 2.75) is 25.4 Å². The van der Waals surface area contributed by atoms with Crippen molar-refractivity contribution < 1.29 is 4.39 Å². The molecule has 2 aliphatic rings. The van der Waals surface area contributed by atoms with Gasteiger partial charge in [-0.15, -0.1) is 0 Å². The Bertz CT molecular complexity index is 414. The quantitative estimate of drug-likeness (QED) is 0.923. The van der Waals surface area contributed by atoms with Crippen LogP contribution < -0.4 is 5.32 Å². The van der Waals surface area contributed by atoms with E-state index in [1.54, 1.807) is 6.07 Å². The third-order valence-electron chi connectivity index (χ3n) is 3.81. The van der Waals surface area contributed by atoms with E-state index in [4.69, 9.17) is 0 Å². The van der Waals surface area contributed by atoms with Gasteiger partial charge in [0.2, 0.25) is 0 Å². The molecule has 1 unspecified atom stereocenters. The van der Waals surface area contributed by atoms with E-state index in [1.165, 1.54) is 18.9 Å². The summed E-state index contributed by atoms with van der Waals surface area (Å²) in [6, 6.07) is 5.81. The Morgan fingerprint density at radius 3 is 2.89 bits per heavy atom. The normalized spacial score (nSPS) is 25.3. The van der Waals surface area contributed by atoms with Gasteiger partial charge in [0.1, 0.15) is 5.82 Å². The Kier molecular flexibility index (Phi) is 3.68. The molecule has 3 rings (SSSR count). The van der Waals surface area contributed by atoms with E-state index in [1.807, 2.05) is 6.07 Å². The SMILES string of the molecule is Fc1cc(Br)cc(CN2CCNC(C3CC3)C2)c1. The number of hydrogen-bond acceptors (Lipinski definition) is 2. The summed E-state index contributed by atoms with van der Waals surface area (Å²) in [7, 11) is 0. The van der Waals surface area contributed by atoms with Crippen molar-refractivity contribution in [2.24, 2.45) is 5.92 Å². The molecule has 0 spiro atoms. The predicted molar refractivity (Wildman–Crippen MR) is 73.9 cm³/mol. The molecule has 1 aromatic rings. The van der Waals surface area contributed by atoms with Gasteiger partial charge in [0.15, 0.2) is 0 Å². The van der Waals surface area contributed by atoms with Gasteiger partial charge in [-0.25, -0.2) is 4.39 Å². The molecule has 1 heterocycles. The van der Waals surface area contributed by atoms with E-state index in [0.717, 1.165) is 42.1 Å². The van der Waals surface area contributed by atoms with Crippen LogP contribution in [-0.4, -0.2) is 30.6 Å². The summed E-state index contributed by atoms with van der Waals surface area (Å²) >= 11 is 3.35. The first-order valence-corrected chi connectivity index (χ1v) is 7.41. The molecule has 1 atom stereocenters. The molecule has 0 radical (unpaired) electrons. The first kappa shape index (κ1) is 12.6. The van der Waals surface area contributed by atoms with E-state index < -0.39 is 0 Å². The highest BCUT2D eigenvalue weighted by atomic mass is 79.9. The molecule has 18 heavy (non-hydrogen) atoms. The number of piperazine rings is 1. The van der Waals surface area contributed by atoms with Crippen LogP contribution in [0.1, 0.15) is 18.4 Å². The maximum absolute atomic E-state index is 13.3. The van der Waals surface area contributed by atoms with E-state index in [0.29, 0.717) is 6.04 Å². The highest BCUT2D eigenvalue weighted by Crippen LogP contribution is 2.33. The number of rotatable bonds is 3. The molecule has 0 amide bonds. The van der Waals surface area contributed by atoms with Crippen molar-refractivity contribution in [1.82, 2.24) is 10.2 Å². The van der Waals surface area contributed by atoms with E-state index in [2.05, 4.69) is 26.1 Å². The van der Waals surface area contributed by atoms with Gasteiger partial charge in [0.25, 0.3) is 0 Å². The number of halogens is 2.